The molecule has 2 heterocycles. The quantitative estimate of drug-likeness (QED) is 0.656. The van der Waals surface area contributed by atoms with E-state index in [-0.39, 0.29) is 6.04 Å². The highest BCUT2D eigenvalue weighted by atomic mass is 35.5. The summed E-state index contributed by atoms with van der Waals surface area (Å²) in [6.07, 6.45) is 4.46. The second-order valence-electron chi connectivity index (χ2n) is 4.92. The summed E-state index contributed by atoms with van der Waals surface area (Å²) in [4.78, 5) is 4.51. The Hall–Kier alpha value is -1.43. The van der Waals surface area contributed by atoms with Crippen molar-refractivity contribution in [2.75, 3.05) is 0 Å². The van der Waals surface area contributed by atoms with Crippen LogP contribution in [0, 0.1) is 13.8 Å². The summed E-state index contributed by atoms with van der Waals surface area (Å²) >= 11 is 6.28. The van der Waals surface area contributed by atoms with E-state index < -0.39 is 0 Å². The van der Waals surface area contributed by atoms with Crippen LogP contribution in [0.5, 0.6) is 0 Å². The zero-order chi connectivity index (χ0) is 14.7. The van der Waals surface area contributed by atoms with Crippen LogP contribution in [0.2, 0.25) is 5.02 Å². The molecule has 20 heavy (non-hydrogen) atoms. The molecule has 0 saturated heterocycles. The second-order valence-corrected chi connectivity index (χ2v) is 5.32. The third-order valence-corrected chi connectivity index (χ3v) is 3.53. The van der Waals surface area contributed by atoms with E-state index in [0.29, 0.717) is 5.02 Å². The number of nitrogens with one attached hydrogen (secondary N) is 1. The molecule has 2 aromatic heterocycles. The van der Waals surface area contributed by atoms with Crippen molar-refractivity contribution in [3.8, 4) is 0 Å². The molecule has 0 fully saturated rings. The third-order valence-electron chi connectivity index (χ3n) is 3.24. The molecule has 0 amide bonds. The van der Waals surface area contributed by atoms with E-state index in [4.69, 9.17) is 17.4 Å². The molecule has 0 spiro atoms. The predicted molar refractivity (Wildman–Crippen MR) is 80.4 cm³/mol. The molecule has 0 bridgehead atoms. The molecule has 1 unspecified atom stereocenters. The number of hydrazine groups is 1. The zero-order valence-corrected chi connectivity index (χ0v) is 12.8. The van der Waals surface area contributed by atoms with E-state index in [1.165, 1.54) is 0 Å². The van der Waals surface area contributed by atoms with Gasteiger partial charge in [-0.25, -0.2) is 5.43 Å². The van der Waals surface area contributed by atoms with Gasteiger partial charge in [0.1, 0.15) is 6.04 Å². The van der Waals surface area contributed by atoms with Crippen LogP contribution >= 0.6 is 11.6 Å². The van der Waals surface area contributed by atoms with Crippen LogP contribution in [-0.4, -0.2) is 14.8 Å². The van der Waals surface area contributed by atoms with E-state index in [2.05, 4.69) is 28.5 Å². The maximum absolute atomic E-state index is 6.28. The van der Waals surface area contributed by atoms with E-state index in [1.807, 2.05) is 24.7 Å². The van der Waals surface area contributed by atoms with Gasteiger partial charge in [-0.2, -0.15) is 5.10 Å². The molecule has 5 nitrogen and oxygen atoms in total. The third kappa shape index (κ3) is 2.85. The van der Waals surface area contributed by atoms with E-state index in [9.17, 15) is 0 Å². The molecule has 2 aromatic rings. The van der Waals surface area contributed by atoms with Gasteiger partial charge in [-0.1, -0.05) is 24.6 Å². The van der Waals surface area contributed by atoms with E-state index in [0.717, 1.165) is 35.5 Å². The van der Waals surface area contributed by atoms with E-state index in [1.54, 1.807) is 6.20 Å². The topological polar surface area (TPSA) is 68.8 Å². The van der Waals surface area contributed by atoms with Crippen LogP contribution in [0.1, 0.15) is 41.9 Å². The molecule has 108 valence electrons. The molecule has 0 aliphatic rings. The molecule has 0 aromatic carbocycles. The monoisotopic (exact) mass is 293 g/mol. The minimum absolute atomic E-state index is 0.267. The van der Waals surface area contributed by atoms with Gasteiger partial charge in [0.25, 0.3) is 0 Å². The average molecular weight is 294 g/mol. The van der Waals surface area contributed by atoms with Crippen LogP contribution < -0.4 is 11.3 Å². The van der Waals surface area contributed by atoms with Gasteiger partial charge in [0.2, 0.25) is 0 Å². The zero-order valence-electron chi connectivity index (χ0n) is 12.0. The fourth-order valence-corrected chi connectivity index (χ4v) is 2.61. The number of rotatable bonds is 5. The molecular weight excluding hydrogens is 274 g/mol. The van der Waals surface area contributed by atoms with E-state index >= 15 is 0 Å². The lowest BCUT2D eigenvalue weighted by Gasteiger charge is -2.19. The molecule has 6 heteroatoms. The Balaban J connectivity index is 2.49. The largest absolute Gasteiger partial charge is 0.270 e. The Morgan fingerprint density at radius 1 is 1.40 bits per heavy atom. The highest BCUT2D eigenvalue weighted by Gasteiger charge is 2.23. The number of halogens is 1. The Morgan fingerprint density at radius 3 is 2.75 bits per heavy atom. The smallest absolute Gasteiger partial charge is 0.107 e. The minimum atomic E-state index is -0.267. The normalized spacial score (nSPS) is 12.7. The van der Waals surface area contributed by atoms with Crippen molar-refractivity contribution < 1.29 is 0 Å². The van der Waals surface area contributed by atoms with Crippen molar-refractivity contribution in [2.24, 2.45) is 5.84 Å². The maximum Gasteiger partial charge on any atom is 0.107 e. The van der Waals surface area contributed by atoms with Crippen LogP contribution in [0.4, 0.5) is 0 Å². The lowest BCUT2D eigenvalue weighted by molar-refractivity contribution is 0.513. The highest BCUT2D eigenvalue weighted by Crippen LogP contribution is 2.28. The van der Waals surface area contributed by atoms with Gasteiger partial charge in [-0.3, -0.25) is 15.5 Å². The molecule has 0 aliphatic carbocycles. The first-order valence-electron chi connectivity index (χ1n) is 6.69. The van der Waals surface area contributed by atoms with Crippen molar-refractivity contribution in [3.63, 3.8) is 0 Å². The number of hydrogen-bond acceptors (Lipinski definition) is 4. The van der Waals surface area contributed by atoms with Gasteiger partial charge >= 0.3 is 0 Å². The lowest BCUT2D eigenvalue weighted by Crippen LogP contribution is -2.32. The van der Waals surface area contributed by atoms with Crippen molar-refractivity contribution in [2.45, 2.75) is 39.8 Å². The minimum Gasteiger partial charge on any atom is -0.270 e. The number of aromatic nitrogens is 3. The standard InChI is InChI=1S/C14H20ClN5/c1-4-5-20-14(11(15)8-18-20)13(19-16)12-10(3)6-9(2)7-17-12/h6-8,13,19H,4-5,16H2,1-3H3. The molecule has 3 N–H and O–H groups in total. The molecule has 0 saturated carbocycles. The second kappa shape index (κ2) is 6.35. The Bertz CT molecular complexity index is 593. The number of aryl methyl sites for hydroxylation is 3. The van der Waals surface area contributed by atoms with Crippen LogP contribution in [0.25, 0.3) is 0 Å². The van der Waals surface area contributed by atoms with Gasteiger partial charge in [0, 0.05) is 12.7 Å². The van der Waals surface area contributed by atoms with Crippen molar-refractivity contribution in [1.82, 2.24) is 20.2 Å². The number of pyridine rings is 1. The first kappa shape index (κ1) is 15.0. The average Bonchev–Trinajstić information content (AvgIpc) is 2.75. The Labute approximate surface area is 124 Å². The molecule has 2 rings (SSSR count). The fourth-order valence-electron chi connectivity index (χ4n) is 2.36. The summed E-state index contributed by atoms with van der Waals surface area (Å²) in [5, 5.41) is 4.91. The summed E-state index contributed by atoms with van der Waals surface area (Å²) in [6, 6.07) is 1.82. The van der Waals surface area contributed by atoms with Gasteiger partial charge < -0.3 is 0 Å². The van der Waals surface area contributed by atoms with Crippen molar-refractivity contribution >= 4 is 11.6 Å². The summed E-state index contributed by atoms with van der Waals surface area (Å²) in [5.74, 6) is 5.75. The molecule has 0 radical (unpaired) electrons. The van der Waals surface area contributed by atoms with Gasteiger partial charge in [0.05, 0.1) is 22.6 Å². The fraction of sp³-hybridized carbons (Fsp3) is 0.429. The summed E-state index contributed by atoms with van der Waals surface area (Å²) in [6.45, 7) is 6.93. The van der Waals surface area contributed by atoms with Crippen LogP contribution in [-0.2, 0) is 6.54 Å². The molecular formula is C14H20ClN5. The Morgan fingerprint density at radius 2 is 2.15 bits per heavy atom. The lowest BCUT2D eigenvalue weighted by atomic mass is 10.0. The first-order valence-corrected chi connectivity index (χ1v) is 7.06. The van der Waals surface area contributed by atoms with Crippen LogP contribution in [0.15, 0.2) is 18.5 Å². The van der Waals surface area contributed by atoms with Crippen LogP contribution in [0.3, 0.4) is 0 Å². The maximum atomic E-state index is 6.28. The van der Waals surface area contributed by atoms with Crippen molar-refractivity contribution in [3.05, 3.63) is 46.0 Å². The Kier molecular flexibility index (Phi) is 4.75. The SMILES string of the molecule is CCCn1ncc(Cl)c1C(NN)c1ncc(C)cc1C. The highest BCUT2D eigenvalue weighted by molar-refractivity contribution is 6.31. The summed E-state index contributed by atoms with van der Waals surface area (Å²) in [5.41, 5.74) is 6.74. The molecule has 0 aliphatic heterocycles. The van der Waals surface area contributed by atoms with Gasteiger partial charge in [-0.05, 0) is 31.4 Å². The van der Waals surface area contributed by atoms with Crippen molar-refractivity contribution in [1.29, 1.82) is 0 Å². The van der Waals surface area contributed by atoms with Gasteiger partial charge in [-0.15, -0.1) is 0 Å². The van der Waals surface area contributed by atoms with Gasteiger partial charge in [0.15, 0.2) is 0 Å². The number of nitrogens with zero attached hydrogens (tertiary/aromatic N) is 3. The number of hydrogen-bond donors (Lipinski definition) is 2. The summed E-state index contributed by atoms with van der Waals surface area (Å²) in [7, 11) is 0. The number of nitrogens with two attached hydrogens (primary N) is 1. The molecule has 1 atom stereocenters. The first-order chi connectivity index (χ1) is 9.58. The predicted octanol–water partition coefficient (Wildman–Crippen LogP) is 2.51. The summed E-state index contributed by atoms with van der Waals surface area (Å²) < 4.78 is 1.88.